The zero-order valence-electron chi connectivity index (χ0n) is 12.9. The number of amides is 1. The Morgan fingerprint density at radius 2 is 1.74 bits per heavy atom. The topological polar surface area (TPSA) is 42.0 Å². The summed E-state index contributed by atoms with van der Waals surface area (Å²) in [5.41, 5.74) is 2.74. The minimum absolute atomic E-state index is 0.119. The van der Waals surface area contributed by atoms with Gasteiger partial charge in [-0.2, -0.15) is 0 Å². The molecule has 0 saturated heterocycles. The summed E-state index contributed by atoms with van der Waals surface area (Å²) in [6, 6.07) is 20.1. The van der Waals surface area contributed by atoms with Crippen molar-refractivity contribution >= 4 is 17.2 Å². The average Bonchev–Trinajstić information content (AvgIpc) is 3.11. The first-order chi connectivity index (χ1) is 11.2. The molecule has 3 rings (SSSR count). The maximum absolute atomic E-state index is 12.3. The molecule has 4 heteroatoms. The van der Waals surface area contributed by atoms with E-state index in [0.717, 1.165) is 10.6 Å². The number of benzene rings is 2. The van der Waals surface area contributed by atoms with Crippen molar-refractivity contribution in [3.63, 3.8) is 0 Å². The van der Waals surface area contributed by atoms with Gasteiger partial charge in [0.25, 0.3) is 5.91 Å². The van der Waals surface area contributed by atoms with E-state index in [1.165, 1.54) is 16.9 Å². The molecule has 0 aliphatic rings. The van der Waals surface area contributed by atoms with Gasteiger partial charge in [0.2, 0.25) is 0 Å². The van der Waals surface area contributed by atoms with Gasteiger partial charge >= 0.3 is 0 Å². The lowest BCUT2D eigenvalue weighted by molar-refractivity contribution is 0.0947. The lowest BCUT2D eigenvalue weighted by Crippen LogP contribution is -2.27. The summed E-state index contributed by atoms with van der Waals surface area (Å²) in [6.45, 7) is 2.70. The van der Waals surface area contributed by atoms with Gasteiger partial charge in [-0.25, -0.2) is 4.98 Å². The molecule has 1 amide bonds. The zero-order valence-corrected chi connectivity index (χ0v) is 13.7. The number of aromatic nitrogens is 1. The molecule has 0 aliphatic heterocycles. The molecule has 0 unspecified atom stereocenters. The van der Waals surface area contributed by atoms with Crippen LogP contribution in [0.3, 0.4) is 0 Å². The van der Waals surface area contributed by atoms with Gasteiger partial charge < -0.3 is 5.32 Å². The van der Waals surface area contributed by atoms with Gasteiger partial charge in [-0.1, -0.05) is 67.6 Å². The van der Waals surface area contributed by atoms with Crippen LogP contribution in [0, 0.1) is 0 Å². The number of carbonyl (C=O) groups is 1. The van der Waals surface area contributed by atoms with Gasteiger partial charge in [-0.05, 0) is 11.5 Å². The lowest BCUT2D eigenvalue weighted by Gasteiger charge is -2.12. The number of carbonyl (C=O) groups excluding carboxylic acids is 1. The number of hydrogen-bond acceptors (Lipinski definition) is 3. The maximum atomic E-state index is 12.3. The van der Waals surface area contributed by atoms with Gasteiger partial charge in [-0.3, -0.25) is 4.79 Å². The molecule has 1 heterocycles. The predicted molar refractivity (Wildman–Crippen MR) is 94.7 cm³/mol. The maximum Gasteiger partial charge on any atom is 0.270 e. The fraction of sp³-hybridized carbons (Fsp3) is 0.158. The highest BCUT2D eigenvalue weighted by Gasteiger charge is 2.13. The molecule has 116 valence electrons. The number of hydrogen-bond donors (Lipinski definition) is 1. The van der Waals surface area contributed by atoms with Crippen molar-refractivity contribution in [3.8, 4) is 10.6 Å². The van der Waals surface area contributed by atoms with E-state index in [-0.39, 0.29) is 11.8 Å². The monoisotopic (exact) mass is 322 g/mol. The van der Waals surface area contributed by atoms with Crippen LogP contribution in [0.2, 0.25) is 0 Å². The Kier molecular flexibility index (Phi) is 4.83. The minimum Gasteiger partial charge on any atom is -0.350 e. The summed E-state index contributed by atoms with van der Waals surface area (Å²) in [5, 5.41) is 5.65. The molecule has 1 atom stereocenters. The Morgan fingerprint density at radius 1 is 1.09 bits per heavy atom. The number of nitrogens with one attached hydrogen (secondary N) is 1. The summed E-state index contributed by atoms with van der Waals surface area (Å²) < 4.78 is 0. The summed E-state index contributed by atoms with van der Waals surface area (Å²) >= 11 is 1.49. The molecule has 1 N–H and O–H groups in total. The second-order valence-electron chi connectivity index (χ2n) is 5.43. The zero-order chi connectivity index (χ0) is 16.1. The molecule has 2 aromatic carbocycles. The van der Waals surface area contributed by atoms with E-state index in [4.69, 9.17) is 0 Å². The van der Waals surface area contributed by atoms with Crippen molar-refractivity contribution in [1.29, 1.82) is 0 Å². The Morgan fingerprint density at radius 3 is 2.43 bits per heavy atom. The quantitative estimate of drug-likeness (QED) is 0.759. The van der Waals surface area contributed by atoms with Crippen LogP contribution in [0.5, 0.6) is 0 Å². The van der Waals surface area contributed by atoms with Crippen molar-refractivity contribution in [1.82, 2.24) is 10.3 Å². The summed E-state index contributed by atoms with van der Waals surface area (Å²) in [6.07, 6.45) is 0. The van der Waals surface area contributed by atoms with E-state index in [1.54, 1.807) is 0 Å². The molecule has 0 aliphatic carbocycles. The van der Waals surface area contributed by atoms with Gasteiger partial charge in [0.05, 0.1) is 0 Å². The fourth-order valence-electron chi connectivity index (χ4n) is 2.33. The first-order valence-corrected chi connectivity index (χ1v) is 8.46. The first kappa shape index (κ1) is 15.4. The summed E-state index contributed by atoms with van der Waals surface area (Å²) in [4.78, 5) is 16.7. The van der Waals surface area contributed by atoms with E-state index < -0.39 is 0 Å². The Hall–Kier alpha value is -2.46. The van der Waals surface area contributed by atoms with Crippen LogP contribution in [0.1, 0.15) is 28.9 Å². The largest absolute Gasteiger partial charge is 0.350 e. The second kappa shape index (κ2) is 7.20. The van der Waals surface area contributed by atoms with Gasteiger partial charge in [0.15, 0.2) is 0 Å². The van der Waals surface area contributed by atoms with Crippen LogP contribution in [0.4, 0.5) is 0 Å². The molecule has 3 aromatic rings. The van der Waals surface area contributed by atoms with Crippen molar-refractivity contribution < 1.29 is 4.79 Å². The first-order valence-electron chi connectivity index (χ1n) is 7.58. The van der Waals surface area contributed by atoms with Crippen molar-refractivity contribution in [3.05, 3.63) is 77.3 Å². The van der Waals surface area contributed by atoms with Gasteiger partial charge in [0, 0.05) is 17.5 Å². The Labute approximate surface area is 140 Å². The van der Waals surface area contributed by atoms with Crippen LogP contribution in [0.15, 0.2) is 66.0 Å². The molecular weight excluding hydrogens is 304 g/mol. The van der Waals surface area contributed by atoms with E-state index in [0.29, 0.717) is 12.2 Å². The molecule has 1 aromatic heterocycles. The van der Waals surface area contributed by atoms with Crippen LogP contribution >= 0.6 is 11.3 Å². The molecule has 3 nitrogen and oxygen atoms in total. The number of nitrogens with zero attached hydrogens (tertiary/aromatic N) is 1. The standard InChI is InChI=1S/C19H18N2OS/c1-14(15-8-4-2-5-9-15)12-20-18(22)17-13-23-19(21-17)16-10-6-3-7-11-16/h2-11,13-14H,12H2,1H3,(H,20,22)/t14-/m1/s1. The third-order valence-corrected chi connectivity index (χ3v) is 4.59. The third-order valence-electron chi connectivity index (χ3n) is 3.69. The fourth-order valence-corrected chi connectivity index (χ4v) is 3.13. The minimum atomic E-state index is -0.119. The van der Waals surface area contributed by atoms with E-state index in [2.05, 4.69) is 29.4 Å². The normalized spacial score (nSPS) is 11.9. The van der Waals surface area contributed by atoms with Gasteiger partial charge in [-0.15, -0.1) is 11.3 Å². The highest BCUT2D eigenvalue weighted by atomic mass is 32.1. The van der Waals surface area contributed by atoms with E-state index in [9.17, 15) is 4.79 Å². The SMILES string of the molecule is C[C@H](CNC(=O)c1csc(-c2ccccc2)n1)c1ccccc1. The average molecular weight is 322 g/mol. The van der Waals surface area contributed by atoms with E-state index in [1.807, 2.05) is 53.9 Å². The predicted octanol–water partition coefficient (Wildman–Crippen LogP) is 4.34. The second-order valence-corrected chi connectivity index (χ2v) is 6.28. The highest BCUT2D eigenvalue weighted by molar-refractivity contribution is 7.13. The van der Waals surface area contributed by atoms with Crippen molar-refractivity contribution in [2.24, 2.45) is 0 Å². The lowest BCUT2D eigenvalue weighted by atomic mass is 10.0. The molecule has 0 saturated carbocycles. The van der Waals surface area contributed by atoms with Gasteiger partial charge in [0.1, 0.15) is 10.7 Å². The van der Waals surface area contributed by atoms with Crippen LogP contribution < -0.4 is 5.32 Å². The van der Waals surface area contributed by atoms with Crippen LogP contribution in [-0.4, -0.2) is 17.4 Å². The smallest absolute Gasteiger partial charge is 0.270 e. The molecule has 0 spiro atoms. The molecule has 23 heavy (non-hydrogen) atoms. The van der Waals surface area contributed by atoms with Crippen molar-refractivity contribution in [2.75, 3.05) is 6.54 Å². The van der Waals surface area contributed by atoms with E-state index >= 15 is 0 Å². The molecule has 0 radical (unpaired) electrons. The number of thiazole rings is 1. The Balaban J connectivity index is 1.62. The Bertz CT molecular complexity index is 768. The number of rotatable bonds is 5. The summed E-state index contributed by atoms with van der Waals surface area (Å²) in [5.74, 6) is 0.151. The third kappa shape index (κ3) is 3.85. The van der Waals surface area contributed by atoms with Crippen LogP contribution in [-0.2, 0) is 0 Å². The molecule has 0 bridgehead atoms. The van der Waals surface area contributed by atoms with Crippen LogP contribution in [0.25, 0.3) is 10.6 Å². The summed E-state index contributed by atoms with van der Waals surface area (Å²) in [7, 11) is 0. The van der Waals surface area contributed by atoms with Crippen molar-refractivity contribution in [2.45, 2.75) is 12.8 Å². The highest BCUT2D eigenvalue weighted by Crippen LogP contribution is 2.23. The molecule has 0 fully saturated rings. The molecular formula is C19H18N2OS.